The van der Waals surface area contributed by atoms with Crippen molar-refractivity contribution in [2.45, 2.75) is 11.8 Å². The number of sulfonamides is 1. The average molecular weight is 432 g/mol. The Kier molecular flexibility index (Phi) is 4.46. The summed E-state index contributed by atoms with van der Waals surface area (Å²) in [6, 6.07) is 7.58. The molecule has 0 atom stereocenters. The van der Waals surface area contributed by atoms with E-state index in [1.807, 2.05) is 0 Å². The van der Waals surface area contributed by atoms with Crippen LogP contribution in [0.25, 0.3) is 11.1 Å². The molecule has 0 aliphatic rings. The van der Waals surface area contributed by atoms with Gasteiger partial charge in [-0.3, -0.25) is 4.72 Å². The number of fused-ring (bicyclic) bond motifs is 1. The number of methoxy groups -OCH3 is 1. The molecule has 2 aromatic carbocycles. The number of aryl methyl sites for hydroxylation is 1. The van der Waals surface area contributed by atoms with E-state index in [0.717, 1.165) is 0 Å². The van der Waals surface area contributed by atoms with Gasteiger partial charge in [0.2, 0.25) is 0 Å². The van der Waals surface area contributed by atoms with Crippen LogP contribution in [0.3, 0.4) is 0 Å². The summed E-state index contributed by atoms with van der Waals surface area (Å²) in [5.74, 6) is 0.836. The van der Waals surface area contributed by atoms with Gasteiger partial charge in [0.05, 0.1) is 22.7 Å². The Labute approximate surface area is 152 Å². The van der Waals surface area contributed by atoms with Gasteiger partial charge >= 0.3 is 0 Å². The number of halogens is 2. The molecule has 3 aromatic rings. The molecule has 0 unspecified atom stereocenters. The van der Waals surface area contributed by atoms with Gasteiger partial charge in [0.25, 0.3) is 10.0 Å². The predicted octanol–water partition coefficient (Wildman–Crippen LogP) is 4.36. The van der Waals surface area contributed by atoms with Crippen molar-refractivity contribution in [3.8, 4) is 5.75 Å². The summed E-state index contributed by atoms with van der Waals surface area (Å²) < 4.78 is 39.0. The van der Waals surface area contributed by atoms with E-state index in [0.29, 0.717) is 27.2 Å². The van der Waals surface area contributed by atoms with E-state index in [2.05, 4.69) is 25.6 Å². The molecule has 24 heavy (non-hydrogen) atoms. The lowest BCUT2D eigenvalue weighted by molar-refractivity contribution is 0.414. The first kappa shape index (κ1) is 17.1. The van der Waals surface area contributed by atoms with E-state index in [1.54, 1.807) is 19.1 Å². The summed E-state index contributed by atoms with van der Waals surface area (Å²) in [5.41, 5.74) is 1.19. The average Bonchev–Trinajstić information content (AvgIpc) is 2.87. The molecule has 1 N–H and O–H groups in total. The maximum Gasteiger partial charge on any atom is 0.262 e. The summed E-state index contributed by atoms with van der Waals surface area (Å²) >= 11 is 9.34. The molecule has 0 aliphatic carbocycles. The topological polar surface area (TPSA) is 81.4 Å². The second-order valence-electron chi connectivity index (χ2n) is 4.94. The number of ether oxygens (including phenoxy) is 1. The van der Waals surface area contributed by atoms with E-state index in [9.17, 15) is 8.42 Å². The van der Waals surface area contributed by atoms with Crippen LogP contribution in [0.4, 0.5) is 5.69 Å². The highest BCUT2D eigenvalue weighted by Crippen LogP contribution is 2.32. The van der Waals surface area contributed by atoms with Crippen LogP contribution in [0.15, 0.2) is 44.1 Å². The zero-order chi connectivity index (χ0) is 17.5. The third-order valence-electron chi connectivity index (χ3n) is 3.24. The van der Waals surface area contributed by atoms with Gasteiger partial charge in [-0.1, -0.05) is 27.5 Å². The van der Waals surface area contributed by atoms with Crippen molar-refractivity contribution in [2.75, 3.05) is 11.8 Å². The SMILES string of the molecule is COc1ccc(S(=O)(=O)Nc2cc(Br)cc3nc(C)oc23)cc1Cl. The largest absolute Gasteiger partial charge is 0.495 e. The minimum Gasteiger partial charge on any atom is -0.495 e. The smallest absolute Gasteiger partial charge is 0.262 e. The first-order chi connectivity index (χ1) is 11.3. The van der Waals surface area contributed by atoms with Crippen molar-refractivity contribution in [2.24, 2.45) is 0 Å². The van der Waals surface area contributed by atoms with Crippen LogP contribution in [0.5, 0.6) is 5.75 Å². The molecule has 0 aliphatic heterocycles. The number of nitrogens with one attached hydrogen (secondary N) is 1. The number of aromatic nitrogens is 1. The zero-order valence-corrected chi connectivity index (χ0v) is 15.8. The molecule has 0 radical (unpaired) electrons. The highest BCUT2D eigenvalue weighted by molar-refractivity contribution is 9.10. The molecule has 0 saturated carbocycles. The van der Waals surface area contributed by atoms with Gasteiger partial charge in [-0.15, -0.1) is 0 Å². The maximum absolute atomic E-state index is 12.6. The molecule has 0 fully saturated rings. The summed E-state index contributed by atoms with van der Waals surface area (Å²) in [4.78, 5) is 4.22. The number of rotatable bonds is 4. The van der Waals surface area contributed by atoms with Crippen molar-refractivity contribution in [3.63, 3.8) is 0 Å². The van der Waals surface area contributed by atoms with E-state index < -0.39 is 10.0 Å². The monoisotopic (exact) mass is 430 g/mol. The third-order valence-corrected chi connectivity index (χ3v) is 5.36. The lowest BCUT2D eigenvalue weighted by Crippen LogP contribution is -2.13. The number of nitrogens with zero attached hydrogens (tertiary/aromatic N) is 1. The molecule has 3 rings (SSSR count). The highest BCUT2D eigenvalue weighted by atomic mass is 79.9. The van der Waals surface area contributed by atoms with E-state index in [4.69, 9.17) is 20.8 Å². The summed E-state index contributed by atoms with van der Waals surface area (Å²) in [5, 5.41) is 0.204. The van der Waals surface area contributed by atoms with Crippen LogP contribution < -0.4 is 9.46 Å². The second kappa shape index (κ2) is 6.27. The maximum atomic E-state index is 12.6. The molecule has 0 spiro atoms. The second-order valence-corrected chi connectivity index (χ2v) is 7.94. The van der Waals surface area contributed by atoms with Gasteiger partial charge in [-0.05, 0) is 30.3 Å². The molecule has 126 valence electrons. The molecule has 0 bridgehead atoms. The van der Waals surface area contributed by atoms with Crippen molar-refractivity contribution in [1.82, 2.24) is 4.98 Å². The Bertz CT molecular complexity index is 1030. The molecular weight excluding hydrogens is 420 g/mol. The predicted molar refractivity (Wildman–Crippen MR) is 95.3 cm³/mol. The van der Waals surface area contributed by atoms with Crippen LogP contribution in [0.1, 0.15) is 5.89 Å². The standard InChI is InChI=1S/C15H12BrClN2O4S/c1-8-18-12-5-9(16)6-13(15(12)23-8)19-24(20,21)10-3-4-14(22-2)11(17)7-10/h3-7,19H,1-2H3. The van der Waals surface area contributed by atoms with Crippen molar-refractivity contribution < 1.29 is 17.6 Å². The number of hydrogen-bond donors (Lipinski definition) is 1. The number of hydrogen-bond acceptors (Lipinski definition) is 5. The van der Waals surface area contributed by atoms with Gasteiger partial charge in [0, 0.05) is 11.4 Å². The van der Waals surface area contributed by atoms with Gasteiger partial charge in [-0.25, -0.2) is 13.4 Å². The molecular formula is C15H12BrClN2O4S. The number of anilines is 1. The Balaban J connectivity index is 2.05. The summed E-state index contributed by atoms with van der Waals surface area (Å²) in [7, 11) is -2.40. The fourth-order valence-corrected chi connectivity index (χ4v) is 4.05. The van der Waals surface area contributed by atoms with Crippen LogP contribution in [0.2, 0.25) is 5.02 Å². The molecule has 9 heteroatoms. The fraction of sp³-hybridized carbons (Fsp3) is 0.133. The van der Waals surface area contributed by atoms with Gasteiger partial charge in [0.15, 0.2) is 11.5 Å². The quantitative estimate of drug-likeness (QED) is 0.664. The Morgan fingerprint density at radius 3 is 2.71 bits per heavy atom. The van der Waals surface area contributed by atoms with Crippen LogP contribution in [-0.4, -0.2) is 20.5 Å². The first-order valence-corrected chi connectivity index (χ1v) is 9.38. The first-order valence-electron chi connectivity index (χ1n) is 6.73. The third kappa shape index (κ3) is 3.22. The minimum absolute atomic E-state index is 0.0117. The van der Waals surface area contributed by atoms with Crippen molar-refractivity contribution in [1.29, 1.82) is 0 Å². The highest BCUT2D eigenvalue weighted by Gasteiger charge is 2.19. The lowest BCUT2D eigenvalue weighted by Gasteiger charge is -2.10. The number of oxazole rings is 1. The molecule has 0 saturated heterocycles. The van der Waals surface area contributed by atoms with Gasteiger partial charge in [-0.2, -0.15) is 0 Å². The number of benzene rings is 2. The van der Waals surface area contributed by atoms with E-state index in [-0.39, 0.29) is 15.6 Å². The van der Waals surface area contributed by atoms with E-state index in [1.165, 1.54) is 25.3 Å². The van der Waals surface area contributed by atoms with Crippen LogP contribution >= 0.6 is 27.5 Å². The normalized spacial score (nSPS) is 11.7. The van der Waals surface area contributed by atoms with Gasteiger partial charge < -0.3 is 9.15 Å². The molecule has 6 nitrogen and oxygen atoms in total. The Hall–Kier alpha value is -1.77. The van der Waals surface area contributed by atoms with Crippen LogP contribution in [0, 0.1) is 6.92 Å². The minimum atomic E-state index is -3.86. The van der Waals surface area contributed by atoms with Crippen molar-refractivity contribution in [3.05, 3.63) is 45.7 Å². The summed E-state index contributed by atoms with van der Waals surface area (Å²) in [6.45, 7) is 1.69. The van der Waals surface area contributed by atoms with E-state index >= 15 is 0 Å². The Morgan fingerprint density at radius 2 is 2.04 bits per heavy atom. The molecule has 0 amide bonds. The van der Waals surface area contributed by atoms with Crippen LogP contribution in [-0.2, 0) is 10.0 Å². The van der Waals surface area contributed by atoms with Gasteiger partial charge in [0.1, 0.15) is 11.3 Å². The molecule has 1 heterocycles. The fourth-order valence-electron chi connectivity index (χ4n) is 2.20. The Morgan fingerprint density at radius 1 is 1.29 bits per heavy atom. The zero-order valence-electron chi connectivity index (χ0n) is 12.6. The lowest BCUT2D eigenvalue weighted by atomic mass is 10.3. The van der Waals surface area contributed by atoms with Crippen molar-refractivity contribution >= 4 is 54.3 Å². The summed E-state index contributed by atoms with van der Waals surface area (Å²) in [6.07, 6.45) is 0. The molecule has 1 aromatic heterocycles.